The summed E-state index contributed by atoms with van der Waals surface area (Å²) in [6.45, 7) is 2.40. The van der Waals surface area contributed by atoms with Crippen molar-refractivity contribution in [3.05, 3.63) is 0 Å². The molecule has 11 heavy (non-hydrogen) atoms. The largest absolute Gasteiger partial charge is 0.395 e. The highest BCUT2D eigenvalue weighted by Gasteiger charge is 2.21. The molecule has 1 rings (SSSR count). The maximum atomic E-state index is 10.4. The van der Waals surface area contributed by atoms with Gasteiger partial charge in [-0.2, -0.15) is 0 Å². The van der Waals surface area contributed by atoms with E-state index in [0.29, 0.717) is 6.54 Å². The van der Waals surface area contributed by atoms with Gasteiger partial charge in [-0.25, -0.2) is 0 Å². The Balaban J connectivity index is 2.43. The summed E-state index contributed by atoms with van der Waals surface area (Å²) in [6.07, 6.45) is 0.843. The predicted octanol–water partition coefficient (Wildman–Crippen LogP) is -1.25. The summed E-state index contributed by atoms with van der Waals surface area (Å²) in [5.74, 6) is 0. The lowest BCUT2D eigenvalue weighted by molar-refractivity contribution is -0.121. The molecular formula is C7H14N2O2. The van der Waals surface area contributed by atoms with E-state index in [1.165, 1.54) is 0 Å². The summed E-state index contributed by atoms with van der Waals surface area (Å²) in [5.41, 5.74) is 0. The van der Waals surface area contributed by atoms with Gasteiger partial charge in [-0.05, 0) is 7.05 Å². The number of amides is 1. The normalized spacial score (nSPS) is 27.1. The summed E-state index contributed by atoms with van der Waals surface area (Å²) < 4.78 is 0. The van der Waals surface area contributed by atoms with Gasteiger partial charge in [0.05, 0.1) is 12.6 Å². The third-order valence-electron chi connectivity index (χ3n) is 2.17. The lowest BCUT2D eigenvalue weighted by Crippen LogP contribution is -2.52. The van der Waals surface area contributed by atoms with Crippen LogP contribution in [-0.4, -0.2) is 60.6 Å². The number of aliphatic hydroxyl groups is 1. The summed E-state index contributed by atoms with van der Waals surface area (Å²) in [7, 11) is 1.96. The van der Waals surface area contributed by atoms with E-state index in [9.17, 15) is 4.79 Å². The SMILES string of the molecule is CN1CCN(C=O)C[C@@H]1CO. The zero-order chi connectivity index (χ0) is 8.27. The predicted molar refractivity (Wildman–Crippen MR) is 41.1 cm³/mol. The van der Waals surface area contributed by atoms with E-state index in [2.05, 4.69) is 4.90 Å². The quantitative estimate of drug-likeness (QED) is 0.511. The third-order valence-corrected chi connectivity index (χ3v) is 2.17. The molecule has 64 valence electrons. The van der Waals surface area contributed by atoms with Gasteiger partial charge in [-0.1, -0.05) is 0 Å². The number of carbonyl (C=O) groups excluding carboxylic acids is 1. The van der Waals surface area contributed by atoms with Crippen molar-refractivity contribution in [3.63, 3.8) is 0 Å². The molecule has 1 atom stereocenters. The van der Waals surface area contributed by atoms with Crippen LogP contribution in [0.4, 0.5) is 0 Å². The standard InChI is InChI=1S/C7H14N2O2/c1-8-2-3-9(6-11)4-7(8)5-10/h6-7,10H,2-5H2,1H3/t7-/m1/s1. The van der Waals surface area contributed by atoms with Gasteiger partial charge < -0.3 is 10.0 Å². The van der Waals surface area contributed by atoms with E-state index < -0.39 is 0 Å². The first-order valence-electron chi connectivity index (χ1n) is 3.78. The van der Waals surface area contributed by atoms with Gasteiger partial charge in [0.2, 0.25) is 6.41 Å². The van der Waals surface area contributed by atoms with E-state index in [1.807, 2.05) is 7.05 Å². The van der Waals surface area contributed by atoms with Crippen molar-refractivity contribution in [2.24, 2.45) is 0 Å². The molecule has 1 fully saturated rings. The van der Waals surface area contributed by atoms with Crippen LogP contribution in [0, 0.1) is 0 Å². The molecule has 1 saturated heterocycles. The highest BCUT2D eigenvalue weighted by Crippen LogP contribution is 2.04. The van der Waals surface area contributed by atoms with Crippen molar-refractivity contribution in [3.8, 4) is 0 Å². The van der Waals surface area contributed by atoms with Crippen molar-refractivity contribution in [2.45, 2.75) is 6.04 Å². The van der Waals surface area contributed by atoms with Gasteiger partial charge in [0.25, 0.3) is 0 Å². The lowest BCUT2D eigenvalue weighted by atomic mass is 10.2. The second-order valence-electron chi connectivity index (χ2n) is 2.92. The molecule has 0 spiro atoms. The number of hydrogen-bond acceptors (Lipinski definition) is 3. The summed E-state index contributed by atoms with van der Waals surface area (Å²) in [4.78, 5) is 14.1. The molecule has 0 aromatic carbocycles. The third kappa shape index (κ3) is 1.91. The minimum atomic E-state index is 0.119. The van der Waals surface area contributed by atoms with Crippen LogP contribution >= 0.6 is 0 Å². The first kappa shape index (κ1) is 8.49. The number of hydrogen-bond donors (Lipinski definition) is 1. The molecule has 0 aromatic heterocycles. The molecule has 0 bridgehead atoms. The first-order chi connectivity index (χ1) is 5.27. The second-order valence-corrected chi connectivity index (χ2v) is 2.92. The van der Waals surface area contributed by atoms with Crippen molar-refractivity contribution < 1.29 is 9.90 Å². The summed E-state index contributed by atoms with van der Waals surface area (Å²) >= 11 is 0. The molecule has 1 heterocycles. The Hall–Kier alpha value is -0.610. The fourth-order valence-corrected chi connectivity index (χ4v) is 1.26. The number of rotatable bonds is 2. The molecular weight excluding hydrogens is 144 g/mol. The Kier molecular flexibility index (Phi) is 2.84. The van der Waals surface area contributed by atoms with E-state index in [-0.39, 0.29) is 12.6 Å². The number of aliphatic hydroxyl groups excluding tert-OH is 1. The van der Waals surface area contributed by atoms with E-state index in [0.717, 1.165) is 19.5 Å². The molecule has 1 aliphatic rings. The van der Waals surface area contributed by atoms with Crippen LogP contribution in [0.25, 0.3) is 0 Å². The Labute approximate surface area is 66.4 Å². The zero-order valence-corrected chi connectivity index (χ0v) is 6.73. The molecule has 1 aliphatic heterocycles. The highest BCUT2D eigenvalue weighted by molar-refractivity contribution is 5.47. The molecule has 0 aromatic rings. The van der Waals surface area contributed by atoms with E-state index in [1.54, 1.807) is 4.90 Å². The Morgan fingerprint density at radius 2 is 2.36 bits per heavy atom. The molecule has 1 amide bonds. The van der Waals surface area contributed by atoms with Crippen molar-refractivity contribution in [2.75, 3.05) is 33.3 Å². The minimum Gasteiger partial charge on any atom is -0.395 e. The molecule has 1 N–H and O–H groups in total. The van der Waals surface area contributed by atoms with Gasteiger partial charge >= 0.3 is 0 Å². The first-order valence-corrected chi connectivity index (χ1v) is 3.78. The Morgan fingerprint density at radius 1 is 1.64 bits per heavy atom. The zero-order valence-electron chi connectivity index (χ0n) is 6.73. The number of likely N-dealkylation sites (N-methyl/N-ethyl adjacent to an activating group) is 1. The molecule has 0 unspecified atom stereocenters. The maximum Gasteiger partial charge on any atom is 0.209 e. The minimum absolute atomic E-state index is 0.119. The topological polar surface area (TPSA) is 43.8 Å². The average Bonchev–Trinajstić information content (AvgIpc) is 2.05. The monoisotopic (exact) mass is 158 g/mol. The van der Waals surface area contributed by atoms with Gasteiger partial charge in [0, 0.05) is 19.6 Å². The fraction of sp³-hybridized carbons (Fsp3) is 0.857. The van der Waals surface area contributed by atoms with Crippen LogP contribution in [0.2, 0.25) is 0 Å². The van der Waals surface area contributed by atoms with E-state index in [4.69, 9.17) is 5.11 Å². The number of piperazine rings is 1. The average molecular weight is 158 g/mol. The van der Waals surface area contributed by atoms with Crippen LogP contribution in [0.15, 0.2) is 0 Å². The van der Waals surface area contributed by atoms with Crippen LogP contribution in [0.5, 0.6) is 0 Å². The Morgan fingerprint density at radius 3 is 2.91 bits per heavy atom. The van der Waals surface area contributed by atoms with E-state index >= 15 is 0 Å². The van der Waals surface area contributed by atoms with Gasteiger partial charge in [0.1, 0.15) is 0 Å². The van der Waals surface area contributed by atoms with Crippen LogP contribution in [-0.2, 0) is 4.79 Å². The molecule has 0 saturated carbocycles. The van der Waals surface area contributed by atoms with Crippen LogP contribution in [0.3, 0.4) is 0 Å². The highest BCUT2D eigenvalue weighted by atomic mass is 16.3. The van der Waals surface area contributed by atoms with Crippen LogP contribution < -0.4 is 0 Å². The van der Waals surface area contributed by atoms with Crippen LogP contribution in [0.1, 0.15) is 0 Å². The smallest absolute Gasteiger partial charge is 0.209 e. The summed E-state index contributed by atoms with van der Waals surface area (Å²) in [5, 5.41) is 8.89. The van der Waals surface area contributed by atoms with Crippen molar-refractivity contribution >= 4 is 6.41 Å². The maximum absolute atomic E-state index is 10.4. The van der Waals surface area contributed by atoms with Crippen molar-refractivity contribution in [1.82, 2.24) is 9.80 Å². The number of carbonyl (C=O) groups is 1. The summed E-state index contributed by atoms with van der Waals surface area (Å²) in [6, 6.07) is 0.119. The molecule has 0 aliphatic carbocycles. The van der Waals surface area contributed by atoms with Crippen molar-refractivity contribution in [1.29, 1.82) is 0 Å². The van der Waals surface area contributed by atoms with Gasteiger partial charge in [-0.15, -0.1) is 0 Å². The second kappa shape index (κ2) is 3.69. The molecule has 4 nitrogen and oxygen atoms in total. The fourth-order valence-electron chi connectivity index (χ4n) is 1.26. The van der Waals surface area contributed by atoms with Gasteiger partial charge in [-0.3, -0.25) is 9.69 Å². The van der Waals surface area contributed by atoms with Gasteiger partial charge in [0.15, 0.2) is 0 Å². The Bertz CT molecular complexity index is 140. The molecule has 0 radical (unpaired) electrons. The lowest BCUT2D eigenvalue weighted by Gasteiger charge is -2.36. The molecule has 4 heteroatoms. The number of nitrogens with zero attached hydrogens (tertiary/aromatic N) is 2.